The van der Waals surface area contributed by atoms with E-state index in [9.17, 15) is 4.79 Å². The first kappa shape index (κ1) is 12.4. The van der Waals surface area contributed by atoms with E-state index in [4.69, 9.17) is 0 Å². The number of rotatable bonds is 2. The van der Waals surface area contributed by atoms with Gasteiger partial charge in [-0.15, -0.1) is 11.3 Å². The highest BCUT2D eigenvalue weighted by atomic mass is 79.9. The molecule has 2 aliphatic rings. The minimum absolute atomic E-state index is 0.0939. The highest BCUT2D eigenvalue weighted by Gasteiger charge is 2.35. The van der Waals surface area contributed by atoms with Gasteiger partial charge in [0.2, 0.25) is 0 Å². The molecule has 0 spiro atoms. The Morgan fingerprint density at radius 2 is 2.17 bits per heavy atom. The smallest absolute Gasteiger partial charge is 0.318 e. The molecule has 18 heavy (non-hydrogen) atoms. The topological polar surface area (TPSA) is 44.4 Å². The quantitative estimate of drug-likeness (QED) is 0.874. The largest absolute Gasteiger partial charge is 0.329 e. The maximum atomic E-state index is 12.1. The predicted octanol–water partition coefficient (Wildman–Crippen LogP) is 2.33. The number of thiophene rings is 1. The van der Waals surface area contributed by atoms with Crippen molar-refractivity contribution in [2.75, 3.05) is 19.6 Å². The van der Waals surface area contributed by atoms with Crippen LogP contribution in [0.25, 0.3) is 0 Å². The van der Waals surface area contributed by atoms with Gasteiger partial charge in [0.25, 0.3) is 0 Å². The van der Waals surface area contributed by atoms with Crippen LogP contribution in [-0.4, -0.2) is 36.6 Å². The van der Waals surface area contributed by atoms with Gasteiger partial charge in [0.1, 0.15) is 0 Å². The van der Waals surface area contributed by atoms with Crippen LogP contribution in [-0.2, 0) is 0 Å². The molecule has 2 amide bonds. The molecule has 0 aliphatic carbocycles. The van der Waals surface area contributed by atoms with Crippen LogP contribution in [0.2, 0.25) is 0 Å². The second-order valence-electron chi connectivity index (χ2n) is 4.80. The van der Waals surface area contributed by atoms with Gasteiger partial charge in [0.05, 0.1) is 6.04 Å². The van der Waals surface area contributed by atoms with Crippen LogP contribution in [0.15, 0.2) is 15.9 Å². The van der Waals surface area contributed by atoms with Gasteiger partial charge < -0.3 is 15.5 Å². The van der Waals surface area contributed by atoms with Gasteiger partial charge in [-0.1, -0.05) is 0 Å². The van der Waals surface area contributed by atoms with E-state index in [1.807, 2.05) is 4.90 Å². The van der Waals surface area contributed by atoms with E-state index in [-0.39, 0.29) is 12.1 Å². The lowest BCUT2D eigenvalue weighted by Gasteiger charge is -2.30. The average molecular weight is 330 g/mol. The molecule has 1 aromatic heterocycles. The summed E-state index contributed by atoms with van der Waals surface area (Å²) in [4.78, 5) is 15.3. The Balaban J connectivity index is 1.69. The summed E-state index contributed by atoms with van der Waals surface area (Å²) < 4.78 is 1.09. The van der Waals surface area contributed by atoms with Crippen molar-refractivity contribution in [3.63, 3.8) is 0 Å². The molecular weight excluding hydrogens is 314 g/mol. The lowest BCUT2D eigenvalue weighted by atomic mass is 10.1. The van der Waals surface area contributed by atoms with E-state index in [1.54, 1.807) is 11.3 Å². The fourth-order valence-electron chi connectivity index (χ4n) is 2.66. The number of halogens is 1. The monoisotopic (exact) mass is 329 g/mol. The van der Waals surface area contributed by atoms with Gasteiger partial charge in [-0.05, 0) is 47.9 Å². The van der Waals surface area contributed by atoms with Crippen molar-refractivity contribution in [1.29, 1.82) is 0 Å². The van der Waals surface area contributed by atoms with Crippen LogP contribution in [0, 0.1) is 0 Å². The van der Waals surface area contributed by atoms with Crippen molar-refractivity contribution in [3.8, 4) is 0 Å². The van der Waals surface area contributed by atoms with Crippen molar-refractivity contribution < 1.29 is 4.79 Å². The van der Waals surface area contributed by atoms with Gasteiger partial charge >= 0.3 is 6.03 Å². The number of hydrogen-bond acceptors (Lipinski definition) is 3. The molecule has 1 aromatic rings. The van der Waals surface area contributed by atoms with Crippen LogP contribution >= 0.6 is 27.3 Å². The zero-order valence-electron chi connectivity index (χ0n) is 9.99. The molecule has 0 radical (unpaired) electrons. The van der Waals surface area contributed by atoms with E-state index in [2.05, 4.69) is 38.0 Å². The number of hydrogen-bond donors (Lipinski definition) is 2. The summed E-state index contributed by atoms with van der Waals surface area (Å²) in [6.07, 6.45) is 2.13. The van der Waals surface area contributed by atoms with Crippen LogP contribution in [0.5, 0.6) is 0 Å². The number of nitrogens with one attached hydrogen (secondary N) is 2. The zero-order valence-corrected chi connectivity index (χ0v) is 12.4. The highest BCUT2D eigenvalue weighted by Crippen LogP contribution is 2.30. The maximum absolute atomic E-state index is 12.1. The van der Waals surface area contributed by atoms with Gasteiger partial charge in [0, 0.05) is 27.3 Å². The summed E-state index contributed by atoms with van der Waals surface area (Å²) in [5, 5.41) is 8.49. The van der Waals surface area contributed by atoms with Crippen molar-refractivity contribution >= 4 is 33.3 Å². The minimum atomic E-state index is 0.0939. The summed E-state index contributed by atoms with van der Waals surface area (Å²) >= 11 is 5.16. The summed E-state index contributed by atoms with van der Waals surface area (Å²) in [6.45, 7) is 2.84. The Labute approximate surface area is 119 Å². The molecule has 2 N–H and O–H groups in total. The van der Waals surface area contributed by atoms with Gasteiger partial charge in [-0.3, -0.25) is 0 Å². The molecule has 3 rings (SSSR count). The molecule has 2 saturated heterocycles. The Morgan fingerprint density at radius 1 is 1.39 bits per heavy atom. The van der Waals surface area contributed by atoms with Crippen molar-refractivity contribution in [2.45, 2.75) is 24.9 Å². The number of piperidine rings is 1. The normalized spacial score (nSPS) is 25.5. The Kier molecular flexibility index (Phi) is 3.59. The first-order valence-electron chi connectivity index (χ1n) is 6.26. The van der Waals surface area contributed by atoms with Crippen LogP contribution in [0.3, 0.4) is 0 Å². The third-order valence-corrected chi connectivity index (χ3v) is 5.43. The predicted molar refractivity (Wildman–Crippen MR) is 75.9 cm³/mol. The summed E-state index contributed by atoms with van der Waals surface area (Å²) in [5.74, 6) is 0. The lowest BCUT2D eigenvalue weighted by Crippen LogP contribution is -2.44. The number of carbonyl (C=O) groups is 1. The number of nitrogens with zero attached hydrogens (tertiary/aromatic N) is 1. The van der Waals surface area contributed by atoms with E-state index >= 15 is 0 Å². The van der Waals surface area contributed by atoms with E-state index < -0.39 is 0 Å². The molecule has 3 heterocycles. The highest BCUT2D eigenvalue weighted by molar-refractivity contribution is 9.10. The second-order valence-corrected chi connectivity index (χ2v) is 6.66. The maximum Gasteiger partial charge on any atom is 0.318 e. The van der Waals surface area contributed by atoms with E-state index in [0.717, 1.165) is 36.9 Å². The molecule has 2 fully saturated rings. The fourth-order valence-corrected chi connectivity index (χ4v) is 4.15. The molecule has 0 saturated carbocycles. The number of amides is 2. The van der Waals surface area contributed by atoms with E-state index in [1.165, 1.54) is 4.88 Å². The SMILES string of the molecule is O=C1NC(c2cc(Br)cs2)CN1C1CCNCC1. The Bertz CT molecular complexity index is 444. The fraction of sp³-hybridized carbons (Fsp3) is 0.583. The minimum Gasteiger partial charge on any atom is -0.329 e. The molecular formula is C12H16BrN3OS. The Hall–Kier alpha value is -0.590. The summed E-state index contributed by atoms with van der Waals surface area (Å²) in [5.41, 5.74) is 0. The van der Waals surface area contributed by atoms with Crippen molar-refractivity contribution in [2.24, 2.45) is 0 Å². The van der Waals surface area contributed by atoms with Gasteiger partial charge in [-0.2, -0.15) is 0 Å². The molecule has 0 bridgehead atoms. The Morgan fingerprint density at radius 3 is 2.83 bits per heavy atom. The summed E-state index contributed by atoms with van der Waals surface area (Å²) in [6, 6.07) is 2.75. The molecule has 1 unspecified atom stereocenters. The first-order chi connectivity index (χ1) is 8.74. The van der Waals surface area contributed by atoms with Crippen LogP contribution < -0.4 is 10.6 Å². The van der Waals surface area contributed by atoms with Gasteiger partial charge in [-0.25, -0.2) is 4.79 Å². The van der Waals surface area contributed by atoms with Crippen LogP contribution in [0.1, 0.15) is 23.8 Å². The number of carbonyl (C=O) groups excluding carboxylic acids is 1. The zero-order chi connectivity index (χ0) is 12.5. The van der Waals surface area contributed by atoms with Crippen molar-refractivity contribution in [1.82, 2.24) is 15.5 Å². The third kappa shape index (κ3) is 2.41. The third-order valence-electron chi connectivity index (χ3n) is 3.62. The molecule has 6 heteroatoms. The van der Waals surface area contributed by atoms with Crippen LogP contribution in [0.4, 0.5) is 4.79 Å². The number of urea groups is 1. The molecule has 0 aromatic carbocycles. The molecule has 98 valence electrons. The second kappa shape index (κ2) is 5.19. The van der Waals surface area contributed by atoms with Crippen molar-refractivity contribution in [3.05, 3.63) is 20.8 Å². The lowest BCUT2D eigenvalue weighted by molar-refractivity contribution is 0.182. The molecule has 4 nitrogen and oxygen atoms in total. The standard InChI is InChI=1S/C12H16BrN3OS/c13-8-5-11(18-7-8)10-6-16(12(17)15-10)9-1-3-14-4-2-9/h5,7,9-10,14H,1-4,6H2,(H,15,17). The molecule has 1 atom stereocenters. The average Bonchev–Trinajstić information content (AvgIpc) is 2.97. The van der Waals surface area contributed by atoms with E-state index in [0.29, 0.717) is 6.04 Å². The molecule has 2 aliphatic heterocycles. The van der Waals surface area contributed by atoms with Gasteiger partial charge in [0.15, 0.2) is 0 Å². The summed E-state index contributed by atoms with van der Waals surface area (Å²) in [7, 11) is 0. The first-order valence-corrected chi connectivity index (χ1v) is 7.93.